The first-order valence-corrected chi connectivity index (χ1v) is 11.8. The highest BCUT2D eigenvalue weighted by Gasteiger charge is 2.32. The van der Waals surface area contributed by atoms with Gasteiger partial charge in [-0.3, -0.25) is 4.90 Å². The summed E-state index contributed by atoms with van der Waals surface area (Å²) in [6, 6.07) is 19.5. The summed E-state index contributed by atoms with van der Waals surface area (Å²) in [5.41, 5.74) is 2.51. The van der Waals surface area contributed by atoms with E-state index in [1.165, 1.54) is 30.5 Å². The van der Waals surface area contributed by atoms with E-state index >= 15 is 0 Å². The second-order valence-corrected chi connectivity index (χ2v) is 8.81. The second-order valence-electron chi connectivity index (χ2n) is 8.81. The molecule has 0 amide bonds. The minimum atomic E-state index is 0.0377. The van der Waals surface area contributed by atoms with Gasteiger partial charge < -0.3 is 9.64 Å². The van der Waals surface area contributed by atoms with Crippen LogP contribution in [0.3, 0.4) is 0 Å². The van der Waals surface area contributed by atoms with E-state index in [1.807, 2.05) is 12.1 Å². The summed E-state index contributed by atoms with van der Waals surface area (Å²) in [6.45, 7) is 3.90. The largest absolute Gasteiger partial charge is 0.497 e. The monoisotopic (exact) mass is 432 g/mol. The summed E-state index contributed by atoms with van der Waals surface area (Å²) >= 11 is 0. The number of piperazine rings is 1. The van der Waals surface area contributed by atoms with E-state index in [9.17, 15) is 0 Å². The molecule has 2 heterocycles. The number of tetrazole rings is 1. The molecule has 168 valence electrons. The maximum atomic E-state index is 5.40. The molecule has 5 rings (SSSR count). The molecule has 2 aliphatic rings. The quantitative estimate of drug-likeness (QED) is 0.585. The first-order chi connectivity index (χ1) is 15.8. The lowest BCUT2D eigenvalue weighted by Crippen LogP contribution is -2.48. The Bertz CT molecular complexity index is 975. The van der Waals surface area contributed by atoms with E-state index in [4.69, 9.17) is 4.74 Å². The molecule has 3 aromatic rings. The Hall–Kier alpha value is -2.93. The van der Waals surface area contributed by atoms with Gasteiger partial charge in [0.05, 0.1) is 19.2 Å². The number of nitrogens with zero attached hydrogens (tertiary/aromatic N) is 6. The average Bonchev–Trinajstić information content (AvgIpc) is 3.35. The Labute approximate surface area is 190 Å². The van der Waals surface area contributed by atoms with Gasteiger partial charge in [-0.1, -0.05) is 49.6 Å². The Kier molecular flexibility index (Phi) is 6.34. The third kappa shape index (κ3) is 4.35. The summed E-state index contributed by atoms with van der Waals surface area (Å²) < 4.78 is 7.52. The van der Waals surface area contributed by atoms with Crippen molar-refractivity contribution in [3.63, 3.8) is 0 Å². The van der Waals surface area contributed by atoms with Crippen molar-refractivity contribution >= 4 is 5.69 Å². The molecule has 7 nitrogen and oxygen atoms in total. The van der Waals surface area contributed by atoms with Crippen LogP contribution < -0.4 is 9.64 Å². The molecular formula is C25H32N6O. The molecule has 0 N–H and O–H groups in total. The minimum absolute atomic E-state index is 0.0377. The minimum Gasteiger partial charge on any atom is -0.497 e. The molecule has 1 aliphatic heterocycles. The fourth-order valence-corrected chi connectivity index (χ4v) is 5.15. The van der Waals surface area contributed by atoms with Gasteiger partial charge in [0, 0.05) is 31.9 Å². The van der Waals surface area contributed by atoms with Crippen molar-refractivity contribution in [1.82, 2.24) is 25.1 Å². The fourth-order valence-electron chi connectivity index (χ4n) is 5.15. The van der Waals surface area contributed by atoms with Crippen molar-refractivity contribution in [2.75, 3.05) is 38.2 Å². The molecule has 32 heavy (non-hydrogen) atoms. The van der Waals surface area contributed by atoms with Gasteiger partial charge in [-0.05, 0) is 53.1 Å². The number of aromatic nitrogens is 4. The van der Waals surface area contributed by atoms with Crippen molar-refractivity contribution in [3.8, 4) is 5.75 Å². The van der Waals surface area contributed by atoms with Crippen LogP contribution in [-0.4, -0.2) is 58.4 Å². The summed E-state index contributed by atoms with van der Waals surface area (Å²) in [4.78, 5) is 5.00. The van der Waals surface area contributed by atoms with Crippen molar-refractivity contribution in [1.29, 1.82) is 0 Å². The third-order valence-corrected chi connectivity index (χ3v) is 6.92. The highest BCUT2D eigenvalue weighted by molar-refractivity contribution is 5.46. The van der Waals surface area contributed by atoms with Crippen LogP contribution in [0, 0.1) is 0 Å². The van der Waals surface area contributed by atoms with E-state index in [1.54, 1.807) is 7.11 Å². The van der Waals surface area contributed by atoms with Crippen LogP contribution in [0.5, 0.6) is 5.75 Å². The predicted molar refractivity (Wildman–Crippen MR) is 125 cm³/mol. The maximum absolute atomic E-state index is 5.40. The van der Waals surface area contributed by atoms with Crippen LogP contribution in [0.25, 0.3) is 0 Å². The van der Waals surface area contributed by atoms with E-state index in [0.717, 1.165) is 50.6 Å². The summed E-state index contributed by atoms with van der Waals surface area (Å²) in [5.74, 6) is 1.84. The lowest BCUT2D eigenvalue weighted by atomic mass is 9.95. The zero-order valence-corrected chi connectivity index (χ0v) is 18.8. The number of hydrogen-bond acceptors (Lipinski definition) is 6. The zero-order chi connectivity index (χ0) is 21.8. The highest BCUT2D eigenvalue weighted by Crippen LogP contribution is 2.34. The van der Waals surface area contributed by atoms with Crippen LogP contribution in [0.4, 0.5) is 5.69 Å². The molecule has 1 saturated heterocycles. The standard InChI is InChI=1S/C25H32N6O/c1-32-23-14-12-20(13-15-23)24(25-26-27-28-31(25)22-10-6-3-7-11-22)30-18-16-29(17-19-30)21-8-4-2-5-9-21/h2,4-5,8-9,12-15,22,24H,3,6-7,10-11,16-19H2,1H3/t24-/m1/s1. The third-order valence-electron chi connectivity index (χ3n) is 6.92. The van der Waals surface area contributed by atoms with Gasteiger partial charge in [-0.2, -0.15) is 0 Å². The predicted octanol–water partition coefficient (Wildman–Crippen LogP) is 4.10. The molecule has 0 unspecified atom stereocenters. The summed E-state index contributed by atoms with van der Waals surface area (Å²) in [5, 5.41) is 13.2. The number of anilines is 1. The van der Waals surface area contributed by atoms with E-state index in [0.29, 0.717) is 6.04 Å². The Morgan fingerprint density at radius 3 is 2.28 bits per heavy atom. The van der Waals surface area contributed by atoms with Crippen molar-refractivity contribution in [3.05, 3.63) is 66.0 Å². The van der Waals surface area contributed by atoms with E-state index in [2.05, 4.69) is 72.5 Å². The molecule has 0 radical (unpaired) electrons. The molecular weight excluding hydrogens is 400 g/mol. The summed E-state index contributed by atoms with van der Waals surface area (Å²) in [6.07, 6.45) is 6.15. The van der Waals surface area contributed by atoms with Crippen molar-refractivity contribution < 1.29 is 4.74 Å². The van der Waals surface area contributed by atoms with Crippen LogP contribution in [0.2, 0.25) is 0 Å². The van der Waals surface area contributed by atoms with Crippen LogP contribution in [-0.2, 0) is 0 Å². The fraction of sp³-hybridized carbons (Fsp3) is 0.480. The van der Waals surface area contributed by atoms with Crippen molar-refractivity contribution in [2.45, 2.75) is 44.2 Å². The Morgan fingerprint density at radius 2 is 1.59 bits per heavy atom. The molecule has 0 bridgehead atoms. The number of para-hydroxylation sites is 1. The molecule has 7 heteroatoms. The molecule has 1 saturated carbocycles. The molecule has 2 aromatic carbocycles. The van der Waals surface area contributed by atoms with Gasteiger partial charge >= 0.3 is 0 Å². The number of ether oxygens (including phenoxy) is 1. The smallest absolute Gasteiger partial charge is 0.173 e. The Balaban J connectivity index is 1.43. The SMILES string of the molecule is COc1ccc([C@H](c2nnnn2C2CCCCC2)N2CCN(c3ccccc3)CC2)cc1. The second kappa shape index (κ2) is 9.69. The van der Waals surface area contributed by atoms with Crippen LogP contribution in [0.15, 0.2) is 54.6 Å². The normalized spacial score (nSPS) is 19.1. The van der Waals surface area contributed by atoms with Crippen LogP contribution in [0.1, 0.15) is 55.6 Å². The first kappa shape index (κ1) is 20.9. The molecule has 2 fully saturated rings. The topological polar surface area (TPSA) is 59.3 Å². The summed E-state index contributed by atoms with van der Waals surface area (Å²) in [7, 11) is 1.71. The highest BCUT2D eigenvalue weighted by atomic mass is 16.5. The Morgan fingerprint density at radius 1 is 0.875 bits per heavy atom. The van der Waals surface area contributed by atoms with Crippen molar-refractivity contribution in [2.24, 2.45) is 0 Å². The van der Waals surface area contributed by atoms with E-state index < -0.39 is 0 Å². The van der Waals surface area contributed by atoms with Gasteiger partial charge in [0.1, 0.15) is 5.75 Å². The first-order valence-electron chi connectivity index (χ1n) is 11.8. The van der Waals surface area contributed by atoms with E-state index in [-0.39, 0.29) is 6.04 Å². The van der Waals surface area contributed by atoms with Gasteiger partial charge in [0.2, 0.25) is 0 Å². The number of benzene rings is 2. The van der Waals surface area contributed by atoms with Gasteiger partial charge in [-0.15, -0.1) is 5.10 Å². The van der Waals surface area contributed by atoms with Gasteiger partial charge in [0.15, 0.2) is 5.82 Å². The maximum Gasteiger partial charge on any atom is 0.173 e. The zero-order valence-electron chi connectivity index (χ0n) is 18.8. The number of methoxy groups -OCH3 is 1. The average molecular weight is 433 g/mol. The molecule has 1 atom stereocenters. The molecule has 1 aliphatic carbocycles. The van der Waals surface area contributed by atoms with Gasteiger partial charge in [-0.25, -0.2) is 4.68 Å². The molecule has 0 spiro atoms. The lowest BCUT2D eigenvalue weighted by molar-refractivity contribution is 0.193. The lowest BCUT2D eigenvalue weighted by Gasteiger charge is -2.40. The van der Waals surface area contributed by atoms with Crippen LogP contribution >= 0.6 is 0 Å². The van der Waals surface area contributed by atoms with Gasteiger partial charge in [0.25, 0.3) is 0 Å². The molecule has 1 aromatic heterocycles. The number of rotatable bonds is 6. The number of hydrogen-bond donors (Lipinski definition) is 0.